The first kappa shape index (κ1) is 46.0. The van der Waals surface area contributed by atoms with E-state index in [2.05, 4.69) is 0 Å². The first-order chi connectivity index (χ1) is 34.2. The van der Waals surface area contributed by atoms with Crippen LogP contribution in [-0.4, -0.2) is 63.5 Å². The van der Waals surface area contributed by atoms with Crippen molar-refractivity contribution in [3.8, 4) is 11.5 Å². The molecular weight excluding hydrogens is 929 g/mol. The Hall–Kier alpha value is -8.40. The van der Waals surface area contributed by atoms with Crippen molar-refractivity contribution >= 4 is 17.9 Å². The number of rotatable bonds is 5. The van der Waals surface area contributed by atoms with Gasteiger partial charge in [0, 0.05) is 44.5 Å². The molecule has 2 amide bonds. The first-order valence-electron chi connectivity index (χ1n) is 23.0. The van der Waals surface area contributed by atoms with Crippen LogP contribution >= 0.6 is 0 Å². The number of amides is 2. The predicted molar refractivity (Wildman–Crippen MR) is 261 cm³/mol. The molecule has 1 N–H and O–H groups in total. The fourth-order valence-corrected chi connectivity index (χ4v) is 12.1. The SMILES string of the molecule is C.CN1CN(C23C(=Cc4cc(F)ccc42)Cc2cc(F)ccc23)n2ccc(=O)c(OCc3ccccc3)c2C1=O.CN1CN(C23c4ccc(F)cc4CC2Cc2cc(F)ccc23)n2ccc(=O)c(O)c2C1=O. The Labute approximate surface area is 410 Å². The normalized spacial score (nSPS) is 20.5. The molecule has 0 spiro atoms. The zero-order valence-corrected chi connectivity index (χ0v) is 38.2. The molecule has 0 fully saturated rings. The second-order valence-corrected chi connectivity index (χ2v) is 18.9. The molecule has 13 rings (SSSR count). The van der Waals surface area contributed by atoms with Gasteiger partial charge in [-0.2, -0.15) is 0 Å². The van der Waals surface area contributed by atoms with Crippen LogP contribution in [0.15, 0.2) is 143 Å². The summed E-state index contributed by atoms with van der Waals surface area (Å²) < 4.78 is 66.1. The molecule has 364 valence electrons. The summed E-state index contributed by atoms with van der Waals surface area (Å²) >= 11 is 0. The number of hydrogen-bond donors (Lipinski definition) is 1. The number of halogens is 4. The van der Waals surface area contributed by atoms with Gasteiger partial charge in [-0.25, -0.2) is 17.6 Å². The van der Waals surface area contributed by atoms with Gasteiger partial charge in [-0.1, -0.05) is 68.1 Å². The minimum atomic E-state index is -0.943. The number of hydrogen-bond acceptors (Lipinski definition) is 8. The van der Waals surface area contributed by atoms with Gasteiger partial charge >= 0.3 is 0 Å². The Kier molecular flexibility index (Phi) is 10.6. The molecule has 1 atom stereocenters. The molecule has 1 unspecified atom stereocenters. The lowest BCUT2D eigenvalue weighted by molar-refractivity contribution is 0.0694. The number of carbonyl (C=O) groups is 2. The summed E-state index contributed by atoms with van der Waals surface area (Å²) in [5.41, 5.74) is 5.64. The fourth-order valence-electron chi connectivity index (χ4n) is 12.1. The summed E-state index contributed by atoms with van der Waals surface area (Å²) in [6.45, 7) is 0.445. The van der Waals surface area contributed by atoms with E-state index in [0.717, 1.165) is 55.6 Å². The number of benzene rings is 5. The van der Waals surface area contributed by atoms with Gasteiger partial charge in [0.2, 0.25) is 10.9 Å². The highest BCUT2D eigenvalue weighted by Gasteiger charge is 2.59. The molecule has 2 aliphatic heterocycles. The third kappa shape index (κ3) is 6.50. The highest BCUT2D eigenvalue weighted by molar-refractivity contribution is 5.97. The largest absolute Gasteiger partial charge is 0.502 e. The number of nitrogens with zero attached hydrogens (tertiary/aromatic N) is 6. The van der Waals surface area contributed by atoms with E-state index in [-0.39, 0.29) is 79.6 Å². The standard InChI is InChI=1S/C31H23F2N3O3.C24H19F2N3O3.CH4/c1-34-18-36(35-12-11-27(37)29(28(35)30(34)38)39-17-19-5-3-2-4-6-19)31-22(13-20-15-23(32)7-9-25(20)31)14-21-16-24(33)8-10-26(21)31;1-27-12-29(28-7-6-20(30)22(31)21(28)23(27)32)24-15(8-13-10-16(25)2-4-18(13)24)9-14-11-17(26)3-5-19(14)24;/h2-13,15-16H,14,17-18H2,1H3;2-7,10-11,15,31H,8-9,12H2,1H3;1H4. The zero-order valence-electron chi connectivity index (χ0n) is 38.2. The van der Waals surface area contributed by atoms with E-state index >= 15 is 0 Å². The van der Waals surface area contributed by atoms with Crippen LogP contribution in [0.1, 0.15) is 78.5 Å². The van der Waals surface area contributed by atoms with Crippen LogP contribution in [0.4, 0.5) is 17.6 Å². The van der Waals surface area contributed by atoms with Gasteiger partial charge in [-0.3, -0.25) is 38.5 Å². The smallest absolute Gasteiger partial charge is 0.277 e. The minimum absolute atomic E-state index is 0. The van der Waals surface area contributed by atoms with Crippen molar-refractivity contribution in [3.05, 3.63) is 238 Å². The second kappa shape index (κ2) is 16.6. The lowest BCUT2D eigenvalue weighted by Gasteiger charge is -2.50. The van der Waals surface area contributed by atoms with Crippen LogP contribution in [-0.2, 0) is 36.9 Å². The Morgan fingerprint density at radius 3 is 1.78 bits per heavy atom. The molecule has 72 heavy (non-hydrogen) atoms. The molecule has 6 aliphatic rings. The van der Waals surface area contributed by atoms with Gasteiger partial charge in [-0.05, 0) is 123 Å². The third-order valence-corrected chi connectivity index (χ3v) is 14.9. The fraction of sp³-hybridized carbons (Fsp3) is 0.214. The maximum Gasteiger partial charge on any atom is 0.277 e. The van der Waals surface area contributed by atoms with Crippen molar-refractivity contribution in [2.24, 2.45) is 5.92 Å². The average Bonchev–Trinajstić information content (AvgIpc) is 4.04. The molecule has 0 saturated carbocycles. The Balaban J connectivity index is 0.000000156. The first-order valence-corrected chi connectivity index (χ1v) is 23.0. The van der Waals surface area contributed by atoms with Gasteiger partial charge in [0.15, 0.2) is 22.9 Å². The van der Waals surface area contributed by atoms with Crippen molar-refractivity contribution in [1.29, 1.82) is 0 Å². The molecule has 0 bridgehead atoms. The lowest BCUT2D eigenvalue weighted by atomic mass is 9.81. The van der Waals surface area contributed by atoms with Crippen LogP contribution in [0.2, 0.25) is 0 Å². The van der Waals surface area contributed by atoms with E-state index < -0.39 is 33.6 Å². The highest BCUT2D eigenvalue weighted by atomic mass is 19.1. The number of ether oxygens (including phenoxy) is 1. The van der Waals surface area contributed by atoms with Crippen LogP contribution in [0.25, 0.3) is 6.08 Å². The van der Waals surface area contributed by atoms with Gasteiger partial charge < -0.3 is 19.6 Å². The third-order valence-electron chi connectivity index (χ3n) is 14.9. The van der Waals surface area contributed by atoms with E-state index in [0.29, 0.717) is 19.3 Å². The van der Waals surface area contributed by atoms with Gasteiger partial charge in [0.05, 0.1) is 0 Å². The summed E-state index contributed by atoms with van der Waals surface area (Å²) in [4.78, 5) is 54.6. The summed E-state index contributed by atoms with van der Waals surface area (Å²) in [5.74, 6) is -2.88. The molecule has 0 radical (unpaired) electrons. The summed E-state index contributed by atoms with van der Waals surface area (Å²) in [6, 6.07) is 30.7. The monoisotopic (exact) mass is 974 g/mol. The van der Waals surface area contributed by atoms with Crippen molar-refractivity contribution in [2.75, 3.05) is 37.5 Å². The van der Waals surface area contributed by atoms with Crippen molar-refractivity contribution in [3.63, 3.8) is 0 Å². The molecule has 7 aromatic rings. The van der Waals surface area contributed by atoms with Crippen LogP contribution in [0.3, 0.4) is 0 Å². The summed E-state index contributed by atoms with van der Waals surface area (Å²) in [5, 5.41) is 14.4. The van der Waals surface area contributed by atoms with Gasteiger partial charge in [0.25, 0.3) is 11.8 Å². The van der Waals surface area contributed by atoms with Crippen molar-refractivity contribution in [2.45, 2.75) is 44.4 Å². The molecule has 12 nitrogen and oxygen atoms in total. The topological polar surface area (TPSA) is 121 Å². The van der Waals surface area contributed by atoms with Crippen molar-refractivity contribution in [1.82, 2.24) is 19.2 Å². The summed E-state index contributed by atoms with van der Waals surface area (Å²) in [6.07, 6.45) is 6.63. The average molecular weight is 975 g/mol. The Morgan fingerprint density at radius 2 is 1.14 bits per heavy atom. The van der Waals surface area contributed by atoms with Crippen LogP contribution < -0.4 is 25.6 Å². The number of pyridine rings is 2. The second-order valence-electron chi connectivity index (χ2n) is 18.9. The molecule has 4 aliphatic carbocycles. The zero-order chi connectivity index (χ0) is 49.2. The molecule has 0 saturated heterocycles. The Bertz CT molecular complexity index is 3560. The highest BCUT2D eigenvalue weighted by Crippen LogP contribution is 2.58. The molecular formula is C56H46F4N6O6. The van der Waals surface area contributed by atoms with E-state index in [1.54, 1.807) is 49.2 Å². The Morgan fingerprint density at radius 1 is 0.611 bits per heavy atom. The van der Waals surface area contributed by atoms with E-state index in [4.69, 9.17) is 4.74 Å². The molecule has 2 aromatic heterocycles. The number of carbonyl (C=O) groups excluding carboxylic acids is 2. The predicted octanol–water partition coefficient (Wildman–Crippen LogP) is 7.71. The number of fused-ring (bicyclic) bond motifs is 12. The van der Waals surface area contributed by atoms with Crippen LogP contribution in [0.5, 0.6) is 11.5 Å². The van der Waals surface area contributed by atoms with E-state index in [9.17, 15) is 41.8 Å². The van der Waals surface area contributed by atoms with Gasteiger partial charge in [-0.15, -0.1) is 0 Å². The van der Waals surface area contributed by atoms with E-state index in [1.165, 1.54) is 81.3 Å². The quantitative estimate of drug-likeness (QED) is 0.175. The van der Waals surface area contributed by atoms with Crippen molar-refractivity contribution < 1.29 is 37.0 Å². The number of aromatic hydroxyl groups is 1. The maximum atomic E-state index is 14.3. The maximum absolute atomic E-state index is 14.3. The summed E-state index contributed by atoms with van der Waals surface area (Å²) in [7, 11) is 3.26. The molecule has 4 heterocycles. The molecule has 5 aromatic carbocycles. The van der Waals surface area contributed by atoms with Crippen LogP contribution in [0, 0.1) is 29.2 Å². The van der Waals surface area contributed by atoms with Gasteiger partial charge in [0.1, 0.15) is 54.3 Å². The number of aromatic nitrogens is 2. The lowest BCUT2D eigenvalue weighted by Crippen LogP contribution is -2.62. The minimum Gasteiger partial charge on any atom is -0.502 e. The van der Waals surface area contributed by atoms with E-state index in [1.807, 2.05) is 46.4 Å². The molecule has 16 heteroatoms.